The lowest BCUT2D eigenvalue weighted by molar-refractivity contribution is -0.126. The SMILES string of the molecule is COc1ccc(CNC(=O)[C@@H]2Cc3cc(N([O-])O)ccc3N3CC4CC(Cn5c4cccc5=O)[C@@H]23)cc1. The van der Waals surface area contributed by atoms with E-state index < -0.39 is 0 Å². The van der Waals surface area contributed by atoms with Crippen molar-refractivity contribution in [1.29, 1.82) is 0 Å². The van der Waals surface area contributed by atoms with E-state index in [0.717, 1.165) is 34.7 Å². The third-order valence-electron chi connectivity index (χ3n) is 8.17. The summed E-state index contributed by atoms with van der Waals surface area (Å²) >= 11 is 0. The van der Waals surface area contributed by atoms with Gasteiger partial charge in [0.1, 0.15) is 5.75 Å². The van der Waals surface area contributed by atoms with Crippen LogP contribution in [0.5, 0.6) is 5.75 Å². The van der Waals surface area contributed by atoms with Crippen molar-refractivity contribution in [2.24, 2.45) is 11.8 Å². The fraction of sp³-hybridized carbons (Fsp3) is 0.357. The van der Waals surface area contributed by atoms with Crippen molar-refractivity contribution in [2.45, 2.75) is 37.9 Å². The summed E-state index contributed by atoms with van der Waals surface area (Å²) in [7, 11) is 1.62. The second-order valence-electron chi connectivity index (χ2n) is 10.2. The first-order valence-corrected chi connectivity index (χ1v) is 12.6. The van der Waals surface area contributed by atoms with Gasteiger partial charge in [-0.25, -0.2) is 0 Å². The molecule has 0 aliphatic carbocycles. The summed E-state index contributed by atoms with van der Waals surface area (Å²) in [6.07, 6.45) is 1.37. The van der Waals surface area contributed by atoms with Gasteiger partial charge in [-0.1, -0.05) is 18.2 Å². The molecular formula is C28H29N4O5-. The van der Waals surface area contributed by atoms with Crippen LogP contribution in [0.25, 0.3) is 0 Å². The first-order valence-electron chi connectivity index (χ1n) is 12.6. The van der Waals surface area contributed by atoms with Crippen molar-refractivity contribution in [3.05, 3.63) is 93.0 Å². The number of fused-ring (bicyclic) bond motifs is 8. The van der Waals surface area contributed by atoms with E-state index in [-0.39, 0.29) is 46.2 Å². The Bertz CT molecular complexity index is 1390. The molecule has 1 fully saturated rings. The molecule has 6 rings (SSSR count). The molecule has 9 heteroatoms. The van der Waals surface area contributed by atoms with Crippen LogP contribution in [-0.4, -0.2) is 35.4 Å². The molecule has 2 aromatic carbocycles. The molecule has 9 nitrogen and oxygen atoms in total. The number of aromatic nitrogens is 1. The number of ether oxygens (including phenoxy) is 1. The van der Waals surface area contributed by atoms with Gasteiger partial charge >= 0.3 is 0 Å². The van der Waals surface area contributed by atoms with Gasteiger partial charge in [-0.3, -0.25) is 14.8 Å². The van der Waals surface area contributed by atoms with Crippen molar-refractivity contribution >= 4 is 17.3 Å². The summed E-state index contributed by atoms with van der Waals surface area (Å²) in [5.41, 5.74) is 3.99. The normalized spacial score (nSPS) is 23.4. The third kappa shape index (κ3) is 4.14. The predicted molar refractivity (Wildman–Crippen MR) is 139 cm³/mol. The first-order chi connectivity index (χ1) is 17.9. The van der Waals surface area contributed by atoms with Crippen molar-refractivity contribution in [3.8, 4) is 5.75 Å². The molecule has 3 aromatic rings. The number of anilines is 2. The summed E-state index contributed by atoms with van der Waals surface area (Å²) in [4.78, 5) is 28.7. The van der Waals surface area contributed by atoms with E-state index in [0.29, 0.717) is 26.1 Å². The zero-order valence-electron chi connectivity index (χ0n) is 20.5. The number of hydrogen-bond acceptors (Lipinski definition) is 7. The summed E-state index contributed by atoms with van der Waals surface area (Å²) in [6.45, 7) is 1.65. The topological polar surface area (TPSA) is 110 Å². The van der Waals surface area contributed by atoms with Gasteiger partial charge in [-0.15, -0.1) is 0 Å². The molecule has 2 bridgehead atoms. The molecule has 3 aliphatic heterocycles. The van der Waals surface area contributed by atoms with E-state index in [1.54, 1.807) is 25.3 Å². The van der Waals surface area contributed by atoms with Gasteiger partial charge in [-0.05, 0) is 66.3 Å². The molecular weight excluding hydrogens is 472 g/mol. The molecule has 0 spiro atoms. The van der Waals surface area contributed by atoms with Gasteiger partial charge < -0.3 is 30.0 Å². The van der Waals surface area contributed by atoms with Gasteiger partial charge in [0, 0.05) is 49.0 Å². The lowest BCUT2D eigenvalue weighted by Crippen LogP contribution is -2.61. The molecule has 37 heavy (non-hydrogen) atoms. The van der Waals surface area contributed by atoms with Crippen LogP contribution in [0.15, 0.2) is 65.5 Å². The Hall–Kier alpha value is -3.82. The zero-order chi connectivity index (χ0) is 25.7. The van der Waals surface area contributed by atoms with Crippen LogP contribution in [0, 0.1) is 17.0 Å². The highest BCUT2D eigenvalue weighted by molar-refractivity contribution is 5.82. The number of hydrogen-bond donors (Lipinski definition) is 2. The molecule has 2 unspecified atom stereocenters. The Morgan fingerprint density at radius 3 is 2.73 bits per heavy atom. The van der Waals surface area contributed by atoms with Gasteiger partial charge in [0.05, 0.1) is 18.7 Å². The Kier molecular flexibility index (Phi) is 5.89. The van der Waals surface area contributed by atoms with Crippen LogP contribution in [0.2, 0.25) is 0 Å². The van der Waals surface area contributed by atoms with Gasteiger partial charge in [0.2, 0.25) is 5.91 Å². The Morgan fingerprint density at radius 1 is 1.16 bits per heavy atom. The number of methoxy groups -OCH3 is 1. The summed E-state index contributed by atoms with van der Waals surface area (Å²) in [6, 6.07) is 18.1. The predicted octanol–water partition coefficient (Wildman–Crippen LogP) is 3.03. The Labute approximate surface area is 214 Å². The molecule has 1 aromatic heterocycles. The standard InChI is InChI=1S/C28H29N4O5/c1-37-22-8-5-17(6-9-22)14-29-28(34)23-13-18-12-21(32(35)36)7-10-25(18)31-15-19-11-20(27(23)31)16-30-24(19)3-2-4-26(30)33/h2-10,12,19-20,23,27,35H,11,13-16H2,1H3,(H,29,34)/q-1/t19?,20?,23-,27+/m1/s1. The van der Waals surface area contributed by atoms with E-state index in [1.807, 2.05) is 47.0 Å². The third-order valence-corrected chi connectivity index (χ3v) is 8.17. The number of piperidine rings is 1. The molecule has 1 saturated heterocycles. The van der Waals surface area contributed by atoms with E-state index >= 15 is 0 Å². The molecule has 1 amide bonds. The van der Waals surface area contributed by atoms with Crippen LogP contribution in [0.1, 0.15) is 29.2 Å². The maximum atomic E-state index is 13.7. The fourth-order valence-electron chi connectivity index (χ4n) is 6.52. The number of nitrogens with zero attached hydrogens (tertiary/aromatic N) is 3. The lowest BCUT2D eigenvalue weighted by Gasteiger charge is -2.54. The summed E-state index contributed by atoms with van der Waals surface area (Å²) in [5, 5.41) is 24.1. The van der Waals surface area contributed by atoms with Crippen molar-refractivity contribution < 1.29 is 14.7 Å². The number of carbonyl (C=O) groups is 1. The van der Waals surface area contributed by atoms with Crippen molar-refractivity contribution in [1.82, 2.24) is 9.88 Å². The fourth-order valence-corrected chi connectivity index (χ4v) is 6.52. The minimum absolute atomic E-state index is 0.000455. The van der Waals surface area contributed by atoms with E-state index in [1.165, 1.54) is 0 Å². The van der Waals surface area contributed by atoms with Gasteiger partial charge in [-0.2, -0.15) is 0 Å². The number of amides is 1. The number of nitrogens with one attached hydrogen (secondary N) is 1. The average molecular weight is 502 g/mol. The quantitative estimate of drug-likeness (QED) is 0.517. The largest absolute Gasteiger partial charge is 0.733 e. The second-order valence-corrected chi connectivity index (χ2v) is 10.2. The number of rotatable bonds is 5. The molecule has 3 aliphatic rings. The minimum Gasteiger partial charge on any atom is -0.733 e. The maximum Gasteiger partial charge on any atom is 0.250 e. The summed E-state index contributed by atoms with van der Waals surface area (Å²) < 4.78 is 7.10. The highest BCUT2D eigenvalue weighted by Gasteiger charge is 2.49. The number of pyridine rings is 1. The maximum absolute atomic E-state index is 13.7. The van der Waals surface area contributed by atoms with Gasteiger partial charge in [0.25, 0.3) is 5.56 Å². The van der Waals surface area contributed by atoms with Crippen LogP contribution in [-0.2, 0) is 24.3 Å². The number of carbonyl (C=O) groups excluding carboxylic acids is 1. The van der Waals surface area contributed by atoms with Gasteiger partial charge in [0.15, 0.2) is 0 Å². The lowest BCUT2D eigenvalue weighted by atomic mass is 9.70. The molecule has 0 radical (unpaired) electrons. The number of benzene rings is 2. The summed E-state index contributed by atoms with van der Waals surface area (Å²) in [5.74, 6) is 0.628. The molecule has 192 valence electrons. The molecule has 0 saturated carbocycles. The monoisotopic (exact) mass is 501 g/mol. The van der Waals surface area contributed by atoms with Crippen LogP contribution >= 0.6 is 0 Å². The average Bonchev–Trinajstić information content (AvgIpc) is 2.91. The van der Waals surface area contributed by atoms with Crippen LogP contribution in [0.3, 0.4) is 0 Å². The first kappa shape index (κ1) is 23.6. The van der Waals surface area contributed by atoms with E-state index in [4.69, 9.17) is 4.74 Å². The van der Waals surface area contributed by atoms with E-state index in [9.17, 15) is 20.0 Å². The molecule has 4 atom stereocenters. The van der Waals surface area contributed by atoms with Crippen LogP contribution < -0.4 is 25.7 Å². The highest BCUT2D eigenvalue weighted by Crippen LogP contribution is 2.47. The Balaban J connectivity index is 1.34. The van der Waals surface area contributed by atoms with Crippen molar-refractivity contribution in [3.63, 3.8) is 0 Å². The minimum atomic E-state index is -0.369. The zero-order valence-corrected chi connectivity index (χ0v) is 20.5. The molecule has 4 heterocycles. The highest BCUT2D eigenvalue weighted by atomic mass is 16.8. The molecule has 2 N–H and O–H groups in total. The van der Waals surface area contributed by atoms with Crippen molar-refractivity contribution in [2.75, 3.05) is 23.8 Å². The van der Waals surface area contributed by atoms with Crippen LogP contribution in [0.4, 0.5) is 11.4 Å². The smallest absolute Gasteiger partial charge is 0.250 e. The Morgan fingerprint density at radius 2 is 1.97 bits per heavy atom. The second kappa shape index (κ2) is 9.24. The van der Waals surface area contributed by atoms with E-state index in [2.05, 4.69) is 10.2 Å².